The van der Waals surface area contributed by atoms with Crippen LogP contribution in [0.1, 0.15) is 12.0 Å². The van der Waals surface area contributed by atoms with Crippen molar-refractivity contribution in [2.45, 2.75) is 18.9 Å². The second kappa shape index (κ2) is 8.43. The fraction of sp³-hybridized carbons (Fsp3) is 0.562. The second-order valence-corrected chi connectivity index (χ2v) is 8.08. The van der Waals surface area contributed by atoms with Crippen LogP contribution >= 0.6 is 0 Å². The van der Waals surface area contributed by atoms with Gasteiger partial charge < -0.3 is 15.0 Å². The van der Waals surface area contributed by atoms with E-state index in [0.717, 1.165) is 5.56 Å². The third-order valence-electron chi connectivity index (χ3n) is 4.03. The molecule has 1 fully saturated rings. The molecule has 0 bridgehead atoms. The number of amides is 2. The van der Waals surface area contributed by atoms with Gasteiger partial charge in [-0.2, -0.15) is 0 Å². The van der Waals surface area contributed by atoms with Crippen LogP contribution in [0.5, 0.6) is 0 Å². The van der Waals surface area contributed by atoms with E-state index in [0.29, 0.717) is 32.5 Å². The van der Waals surface area contributed by atoms with Gasteiger partial charge in [0.25, 0.3) is 0 Å². The Bertz CT molecular complexity index is 666. The van der Waals surface area contributed by atoms with Crippen LogP contribution in [-0.2, 0) is 21.0 Å². The Morgan fingerprint density at radius 3 is 2.88 bits per heavy atom. The molecule has 0 radical (unpaired) electrons. The fourth-order valence-electron chi connectivity index (χ4n) is 2.77. The Hall–Kier alpha value is -1.67. The standard InChI is InChI=1S/C16H23FN2O4S/c1-23-9-8-19(15-6-10-24(21,22)12-15)16(20)18-7-5-13-3-2-4-14(17)11-13/h2-4,11,15H,5-10,12H2,1H3,(H,18,20). The summed E-state index contributed by atoms with van der Waals surface area (Å²) in [5.74, 6) is -0.206. The van der Waals surface area contributed by atoms with E-state index < -0.39 is 9.84 Å². The van der Waals surface area contributed by atoms with Crippen LogP contribution in [0.15, 0.2) is 24.3 Å². The highest BCUT2D eigenvalue weighted by Crippen LogP contribution is 2.17. The molecule has 8 heteroatoms. The summed E-state index contributed by atoms with van der Waals surface area (Å²) >= 11 is 0. The predicted molar refractivity (Wildman–Crippen MR) is 89.1 cm³/mol. The highest BCUT2D eigenvalue weighted by Gasteiger charge is 2.34. The molecule has 0 aliphatic carbocycles. The maximum atomic E-state index is 13.1. The molecule has 2 amide bonds. The van der Waals surface area contributed by atoms with E-state index in [4.69, 9.17) is 4.74 Å². The van der Waals surface area contributed by atoms with Crippen molar-refractivity contribution in [2.24, 2.45) is 0 Å². The lowest BCUT2D eigenvalue weighted by molar-refractivity contribution is 0.134. The first kappa shape index (κ1) is 18.7. The zero-order valence-corrected chi connectivity index (χ0v) is 14.5. The van der Waals surface area contributed by atoms with Gasteiger partial charge in [0.05, 0.1) is 18.1 Å². The average molecular weight is 358 g/mol. The highest BCUT2D eigenvalue weighted by molar-refractivity contribution is 7.91. The minimum atomic E-state index is -3.07. The van der Waals surface area contributed by atoms with E-state index in [2.05, 4.69) is 5.32 Å². The SMILES string of the molecule is COCCN(C(=O)NCCc1cccc(F)c1)C1CCS(=O)(=O)C1. The maximum absolute atomic E-state index is 13.1. The van der Waals surface area contributed by atoms with E-state index in [1.54, 1.807) is 12.1 Å². The number of carbonyl (C=O) groups is 1. The smallest absolute Gasteiger partial charge is 0.317 e. The lowest BCUT2D eigenvalue weighted by Gasteiger charge is -2.28. The summed E-state index contributed by atoms with van der Waals surface area (Å²) in [6.07, 6.45) is 0.952. The number of sulfone groups is 1. The van der Waals surface area contributed by atoms with E-state index >= 15 is 0 Å². The molecule has 0 spiro atoms. The number of hydrogen-bond donors (Lipinski definition) is 1. The molecule has 6 nitrogen and oxygen atoms in total. The second-order valence-electron chi connectivity index (χ2n) is 5.85. The van der Waals surface area contributed by atoms with Crippen molar-refractivity contribution < 1.29 is 22.3 Å². The molecule has 1 saturated heterocycles. The van der Waals surface area contributed by atoms with E-state index in [1.807, 2.05) is 0 Å². The van der Waals surface area contributed by atoms with Crippen molar-refractivity contribution in [2.75, 3.05) is 38.3 Å². The zero-order valence-electron chi connectivity index (χ0n) is 13.7. The molecular weight excluding hydrogens is 335 g/mol. The number of rotatable bonds is 7. The first-order valence-corrected chi connectivity index (χ1v) is 9.72. The average Bonchev–Trinajstić information content (AvgIpc) is 2.88. The molecule has 2 rings (SSSR count). The van der Waals surface area contributed by atoms with E-state index in [1.165, 1.54) is 24.1 Å². The molecule has 1 aliphatic heterocycles. The molecule has 1 atom stereocenters. The van der Waals surface area contributed by atoms with Gasteiger partial charge in [-0.1, -0.05) is 12.1 Å². The minimum absolute atomic E-state index is 0.00592. The van der Waals surface area contributed by atoms with Gasteiger partial charge in [-0.05, 0) is 30.5 Å². The van der Waals surface area contributed by atoms with Crippen LogP contribution in [0, 0.1) is 5.82 Å². The van der Waals surface area contributed by atoms with Gasteiger partial charge in [0.1, 0.15) is 5.82 Å². The summed E-state index contributed by atoms with van der Waals surface area (Å²) in [5, 5.41) is 2.78. The molecular formula is C16H23FN2O4S. The van der Waals surface area contributed by atoms with E-state index in [-0.39, 0.29) is 29.4 Å². The van der Waals surface area contributed by atoms with Crippen LogP contribution in [0.2, 0.25) is 0 Å². The first-order chi connectivity index (χ1) is 11.4. The van der Waals surface area contributed by atoms with E-state index in [9.17, 15) is 17.6 Å². The van der Waals surface area contributed by atoms with Gasteiger partial charge in [0.2, 0.25) is 0 Å². The molecule has 1 aromatic carbocycles. The molecule has 134 valence electrons. The number of methoxy groups -OCH3 is 1. The number of halogens is 1. The lowest BCUT2D eigenvalue weighted by atomic mass is 10.1. The molecule has 1 aromatic rings. The zero-order chi connectivity index (χ0) is 17.6. The van der Waals surface area contributed by atoms with Gasteiger partial charge in [0, 0.05) is 26.2 Å². The Morgan fingerprint density at radius 2 is 2.25 bits per heavy atom. The fourth-order valence-corrected chi connectivity index (χ4v) is 4.50. The normalized spacial score (nSPS) is 19.2. The van der Waals surface area contributed by atoms with Crippen LogP contribution in [0.3, 0.4) is 0 Å². The van der Waals surface area contributed by atoms with Gasteiger partial charge in [-0.15, -0.1) is 0 Å². The first-order valence-electron chi connectivity index (χ1n) is 7.89. The Kier molecular flexibility index (Phi) is 6.56. The number of nitrogens with zero attached hydrogens (tertiary/aromatic N) is 1. The van der Waals surface area contributed by atoms with Crippen molar-refractivity contribution >= 4 is 15.9 Å². The third-order valence-corrected chi connectivity index (χ3v) is 5.78. The number of carbonyl (C=O) groups excluding carboxylic acids is 1. The van der Waals surface area contributed by atoms with Crippen molar-refractivity contribution in [1.82, 2.24) is 10.2 Å². The molecule has 1 heterocycles. The monoisotopic (exact) mass is 358 g/mol. The van der Waals surface area contributed by atoms with Crippen LogP contribution in [0.25, 0.3) is 0 Å². The van der Waals surface area contributed by atoms with Crippen molar-refractivity contribution in [1.29, 1.82) is 0 Å². The molecule has 1 unspecified atom stereocenters. The lowest BCUT2D eigenvalue weighted by Crippen LogP contribution is -2.48. The van der Waals surface area contributed by atoms with Crippen LogP contribution < -0.4 is 5.32 Å². The molecule has 0 saturated carbocycles. The number of ether oxygens (including phenoxy) is 1. The van der Waals surface area contributed by atoms with Gasteiger partial charge in [-0.25, -0.2) is 17.6 Å². The molecule has 1 aliphatic rings. The third kappa shape index (κ3) is 5.45. The van der Waals surface area contributed by atoms with Crippen LogP contribution in [-0.4, -0.2) is 63.7 Å². The largest absolute Gasteiger partial charge is 0.383 e. The maximum Gasteiger partial charge on any atom is 0.317 e. The molecule has 0 aromatic heterocycles. The highest BCUT2D eigenvalue weighted by atomic mass is 32.2. The minimum Gasteiger partial charge on any atom is -0.383 e. The predicted octanol–water partition coefficient (Wildman–Crippen LogP) is 1.21. The summed E-state index contributed by atoms with van der Waals surface area (Å²) in [4.78, 5) is 13.9. The topological polar surface area (TPSA) is 75.7 Å². The van der Waals surface area contributed by atoms with Crippen LogP contribution in [0.4, 0.5) is 9.18 Å². The molecule has 1 N–H and O–H groups in total. The van der Waals surface area contributed by atoms with Crippen molar-refractivity contribution in [3.05, 3.63) is 35.6 Å². The number of hydrogen-bond acceptors (Lipinski definition) is 4. The summed E-state index contributed by atoms with van der Waals surface area (Å²) in [7, 11) is -1.54. The Labute approximate surface area is 141 Å². The Morgan fingerprint density at radius 1 is 1.46 bits per heavy atom. The van der Waals surface area contributed by atoms with Gasteiger partial charge in [-0.3, -0.25) is 0 Å². The number of urea groups is 1. The number of nitrogens with one attached hydrogen (secondary N) is 1. The quantitative estimate of drug-likeness (QED) is 0.795. The summed E-state index contributed by atoms with van der Waals surface area (Å²) in [6, 6.07) is 5.58. The summed E-state index contributed by atoms with van der Waals surface area (Å²) in [6.45, 7) is 1.03. The summed E-state index contributed by atoms with van der Waals surface area (Å²) in [5.41, 5.74) is 0.794. The van der Waals surface area contributed by atoms with Gasteiger partial charge >= 0.3 is 6.03 Å². The van der Waals surface area contributed by atoms with Crippen molar-refractivity contribution in [3.63, 3.8) is 0 Å². The Balaban J connectivity index is 1.90. The van der Waals surface area contributed by atoms with Crippen molar-refractivity contribution in [3.8, 4) is 0 Å². The molecule has 24 heavy (non-hydrogen) atoms. The van der Waals surface area contributed by atoms with Gasteiger partial charge in [0.15, 0.2) is 9.84 Å². The number of benzene rings is 1. The summed E-state index contributed by atoms with van der Waals surface area (Å²) < 4.78 is 41.4.